The molecule has 0 amide bonds. The van der Waals surface area contributed by atoms with E-state index in [-0.39, 0.29) is 0 Å². The molecule has 0 N–H and O–H groups in total. The van der Waals surface area contributed by atoms with Crippen LogP contribution < -0.4 is 0 Å². The van der Waals surface area contributed by atoms with Gasteiger partial charge in [0, 0.05) is 25.2 Å². The molecule has 2 aliphatic rings. The summed E-state index contributed by atoms with van der Waals surface area (Å²) in [5, 5.41) is 0. The summed E-state index contributed by atoms with van der Waals surface area (Å²) in [4.78, 5) is 5.50. The lowest BCUT2D eigenvalue weighted by Gasteiger charge is -2.41. The number of nitrogens with zero attached hydrogens (tertiary/aromatic N) is 2. The number of piperazine rings is 1. The molecule has 2 fully saturated rings. The Balaban J connectivity index is 1.82. The van der Waals surface area contributed by atoms with Crippen molar-refractivity contribution in [2.75, 3.05) is 26.2 Å². The van der Waals surface area contributed by atoms with Gasteiger partial charge in [-0.15, -0.1) is 0 Å². The fourth-order valence-electron chi connectivity index (χ4n) is 3.32. The van der Waals surface area contributed by atoms with E-state index in [1.807, 2.05) is 0 Å². The third kappa shape index (κ3) is 2.78. The zero-order chi connectivity index (χ0) is 11.5. The second-order valence-electron chi connectivity index (χ2n) is 6.06. The molecule has 2 heteroatoms. The highest BCUT2D eigenvalue weighted by Crippen LogP contribution is 2.30. The summed E-state index contributed by atoms with van der Waals surface area (Å²) in [6, 6.07) is 1.76. The lowest BCUT2D eigenvalue weighted by molar-refractivity contribution is 0.0645. The lowest BCUT2D eigenvalue weighted by Crippen LogP contribution is -2.53. The van der Waals surface area contributed by atoms with Crippen molar-refractivity contribution in [3.8, 4) is 0 Å². The predicted molar refractivity (Wildman–Crippen MR) is 69.7 cm³/mol. The van der Waals surface area contributed by atoms with E-state index >= 15 is 0 Å². The predicted octanol–water partition coefficient (Wildman–Crippen LogP) is 2.59. The van der Waals surface area contributed by atoms with Crippen LogP contribution in [0.3, 0.4) is 0 Å². The van der Waals surface area contributed by atoms with Gasteiger partial charge in [-0.3, -0.25) is 4.90 Å². The van der Waals surface area contributed by atoms with Crippen molar-refractivity contribution >= 4 is 0 Å². The number of likely N-dealkylation sites (tertiary alicyclic amines) is 1. The van der Waals surface area contributed by atoms with Gasteiger partial charge in [-0.05, 0) is 44.7 Å². The minimum atomic E-state index is 0.853. The van der Waals surface area contributed by atoms with Gasteiger partial charge in [-0.25, -0.2) is 0 Å². The Morgan fingerprint density at radius 3 is 2.19 bits per heavy atom. The fraction of sp³-hybridized carbons (Fsp3) is 1.00. The zero-order valence-corrected chi connectivity index (χ0v) is 11.3. The zero-order valence-electron chi connectivity index (χ0n) is 11.3. The molecular weight excluding hydrogens is 196 g/mol. The fourth-order valence-corrected chi connectivity index (χ4v) is 3.32. The van der Waals surface area contributed by atoms with Crippen molar-refractivity contribution in [3.05, 3.63) is 0 Å². The number of hydrogen-bond donors (Lipinski definition) is 0. The van der Waals surface area contributed by atoms with Gasteiger partial charge in [-0.1, -0.05) is 20.8 Å². The van der Waals surface area contributed by atoms with Crippen LogP contribution in [0.25, 0.3) is 0 Å². The molecule has 2 aliphatic heterocycles. The Hall–Kier alpha value is -0.0800. The van der Waals surface area contributed by atoms with Gasteiger partial charge >= 0.3 is 0 Å². The summed E-state index contributed by atoms with van der Waals surface area (Å²) in [5.74, 6) is 0.853. The van der Waals surface area contributed by atoms with Crippen molar-refractivity contribution in [2.45, 2.75) is 58.5 Å². The molecule has 0 aliphatic carbocycles. The molecule has 0 saturated carbocycles. The minimum Gasteiger partial charge on any atom is -0.300 e. The molecule has 0 aromatic carbocycles. The molecule has 0 aromatic heterocycles. The molecule has 16 heavy (non-hydrogen) atoms. The maximum atomic E-state index is 2.78. The number of rotatable bonds is 5. The Morgan fingerprint density at radius 2 is 1.69 bits per heavy atom. The van der Waals surface area contributed by atoms with Crippen LogP contribution in [-0.2, 0) is 0 Å². The molecule has 2 saturated heterocycles. The average molecular weight is 224 g/mol. The van der Waals surface area contributed by atoms with Gasteiger partial charge in [0.25, 0.3) is 0 Å². The summed E-state index contributed by atoms with van der Waals surface area (Å²) in [5.41, 5.74) is 0. The van der Waals surface area contributed by atoms with Crippen LogP contribution in [0.2, 0.25) is 0 Å². The highest BCUT2D eigenvalue weighted by Gasteiger charge is 2.38. The van der Waals surface area contributed by atoms with E-state index in [0.29, 0.717) is 0 Å². The highest BCUT2D eigenvalue weighted by atomic mass is 15.3. The first-order valence-corrected chi connectivity index (χ1v) is 7.18. The van der Waals surface area contributed by atoms with Gasteiger partial charge in [0.15, 0.2) is 0 Å². The van der Waals surface area contributed by atoms with Crippen LogP contribution in [0.4, 0.5) is 0 Å². The quantitative estimate of drug-likeness (QED) is 0.708. The van der Waals surface area contributed by atoms with Crippen LogP contribution in [0.5, 0.6) is 0 Å². The van der Waals surface area contributed by atoms with E-state index in [9.17, 15) is 0 Å². The first kappa shape index (κ1) is 12.4. The number of fused-ring (bicyclic) bond motifs is 2. The Bertz CT molecular complexity index is 201. The second-order valence-corrected chi connectivity index (χ2v) is 6.06. The van der Waals surface area contributed by atoms with E-state index < -0.39 is 0 Å². The Labute approximate surface area is 101 Å². The first-order valence-electron chi connectivity index (χ1n) is 7.18. The maximum Gasteiger partial charge on any atom is 0.0227 e. The van der Waals surface area contributed by atoms with Gasteiger partial charge in [0.05, 0.1) is 0 Å². The van der Waals surface area contributed by atoms with E-state index in [2.05, 4.69) is 30.6 Å². The Morgan fingerprint density at radius 1 is 1.06 bits per heavy atom. The SMILES string of the molecule is CCCN1[C@@H]2CC[C@H]1CN(CCC(C)C)C2. The van der Waals surface area contributed by atoms with Crippen molar-refractivity contribution < 1.29 is 0 Å². The minimum absolute atomic E-state index is 0.853. The van der Waals surface area contributed by atoms with Crippen molar-refractivity contribution in [2.24, 2.45) is 5.92 Å². The summed E-state index contributed by atoms with van der Waals surface area (Å²) in [7, 11) is 0. The van der Waals surface area contributed by atoms with E-state index in [1.54, 1.807) is 0 Å². The average Bonchev–Trinajstić information content (AvgIpc) is 2.50. The molecular formula is C14H28N2. The van der Waals surface area contributed by atoms with Crippen molar-refractivity contribution in [1.29, 1.82) is 0 Å². The van der Waals surface area contributed by atoms with Crippen LogP contribution in [0.15, 0.2) is 0 Å². The normalized spacial score (nSPS) is 31.5. The van der Waals surface area contributed by atoms with Crippen molar-refractivity contribution in [1.82, 2.24) is 9.80 Å². The molecule has 94 valence electrons. The topological polar surface area (TPSA) is 6.48 Å². The molecule has 2 heterocycles. The summed E-state index contributed by atoms with van der Waals surface area (Å²) < 4.78 is 0. The largest absolute Gasteiger partial charge is 0.300 e. The van der Waals surface area contributed by atoms with Crippen molar-refractivity contribution in [3.63, 3.8) is 0 Å². The van der Waals surface area contributed by atoms with Crippen LogP contribution in [-0.4, -0.2) is 48.1 Å². The van der Waals surface area contributed by atoms with Gasteiger partial charge < -0.3 is 4.90 Å². The smallest absolute Gasteiger partial charge is 0.0227 e. The van der Waals surface area contributed by atoms with E-state index in [0.717, 1.165) is 18.0 Å². The second kappa shape index (κ2) is 5.50. The highest BCUT2D eigenvalue weighted by molar-refractivity contribution is 4.95. The third-order valence-corrected chi connectivity index (χ3v) is 4.21. The third-order valence-electron chi connectivity index (χ3n) is 4.21. The van der Waals surface area contributed by atoms with Gasteiger partial charge in [-0.2, -0.15) is 0 Å². The monoisotopic (exact) mass is 224 g/mol. The van der Waals surface area contributed by atoms with Crippen LogP contribution >= 0.6 is 0 Å². The molecule has 0 aromatic rings. The number of hydrogen-bond acceptors (Lipinski definition) is 2. The molecule has 0 unspecified atom stereocenters. The molecule has 2 bridgehead atoms. The molecule has 0 radical (unpaired) electrons. The summed E-state index contributed by atoms with van der Waals surface area (Å²) in [6.45, 7) is 12.3. The Kier molecular flexibility index (Phi) is 4.26. The summed E-state index contributed by atoms with van der Waals surface area (Å²) >= 11 is 0. The molecule has 0 spiro atoms. The molecule has 2 rings (SSSR count). The summed E-state index contributed by atoms with van der Waals surface area (Å²) in [6.07, 6.45) is 5.58. The maximum absolute atomic E-state index is 2.78. The van der Waals surface area contributed by atoms with E-state index in [1.165, 1.54) is 51.9 Å². The molecule has 2 atom stereocenters. The standard InChI is InChI=1S/C14H28N2/c1-4-8-16-13-5-6-14(16)11-15(10-13)9-7-12(2)3/h12-14H,4-11H2,1-3H3/t13-,14+. The van der Waals surface area contributed by atoms with Gasteiger partial charge in [0.1, 0.15) is 0 Å². The van der Waals surface area contributed by atoms with Crippen LogP contribution in [0.1, 0.15) is 46.5 Å². The lowest BCUT2D eigenvalue weighted by atomic mass is 10.1. The molecule has 2 nitrogen and oxygen atoms in total. The van der Waals surface area contributed by atoms with E-state index in [4.69, 9.17) is 0 Å². The van der Waals surface area contributed by atoms with Crippen LogP contribution in [0, 0.1) is 5.92 Å². The first-order chi connectivity index (χ1) is 7.70. The van der Waals surface area contributed by atoms with Gasteiger partial charge in [0.2, 0.25) is 0 Å².